The monoisotopic (exact) mass is 579 g/mol. The maximum Gasteiger partial charge on any atom is 0.407 e. The Morgan fingerprint density at radius 1 is 1.12 bits per heavy atom. The van der Waals surface area contributed by atoms with Crippen molar-refractivity contribution in [3.8, 4) is 0 Å². The third-order valence-electron chi connectivity index (χ3n) is 8.29. The van der Waals surface area contributed by atoms with Gasteiger partial charge in [0.2, 0.25) is 17.7 Å². The van der Waals surface area contributed by atoms with Crippen molar-refractivity contribution >= 4 is 37.6 Å². The quantitative estimate of drug-likeness (QED) is 0.280. The molecule has 2 aromatic rings. The van der Waals surface area contributed by atoms with Gasteiger partial charge in [-0.2, -0.15) is 0 Å². The predicted octanol–water partition coefficient (Wildman–Crippen LogP) is 2.95. The number of carbonyl (C=O) groups excluding carboxylic acids is 3. The van der Waals surface area contributed by atoms with Gasteiger partial charge in [-0.25, -0.2) is 4.79 Å². The van der Waals surface area contributed by atoms with Crippen LogP contribution < -0.4 is 16.4 Å². The first kappa shape index (κ1) is 30.1. The highest BCUT2D eigenvalue weighted by Crippen LogP contribution is 2.32. The fourth-order valence-corrected chi connectivity index (χ4v) is 8.71. The van der Waals surface area contributed by atoms with Crippen molar-refractivity contribution in [2.24, 2.45) is 0 Å². The van der Waals surface area contributed by atoms with E-state index in [0.29, 0.717) is 17.9 Å². The Labute approximate surface area is 242 Å². The number of benzene rings is 2. The van der Waals surface area contributed by atoms with Crippen molar-refractivity contribution in [1.29, 1.82) is 0 Å². The van der Waals surface area contributed by atoms with Crippen LogP contribution in [0, 0.1) is 0 Å². The number of carboxylic acid groups (broad SMARTS) is 1. The molecule has 0 unspecified atom stereocenters. The molecule has 0 saturated carbocycles. The van der Waals surface area contributed by atoms with Gasteiger partial charge in [-0.1, -0.05) is 49.5 Å². The van der Waals surface area contributed by atoms with Crippen LogP contribution in [0.2, 0.25) is 19.1 Å². The molecule has 2 aromatic carbocycles. The minimum absolute atomic E-state index is 0.104. The Balaban J connectivity index is 1.58. The highest BCUT2D eigenvalue weighted by atomic mass is 28.3. The number of amides is 4. The molecule has 1 saturated heterocycles. The van der Waals surface area contributed by atoms with Crippen molar-refractivity contribution in [3.63, 3.8) is 0 Å². The highest BCUT2D eigenvalue weighted by molar-refractivity contribution is 6.79. The first-order valence-corrected chi connectivity index (χ1v) is 17.6. The standard InChI is InChI=1S/C30H41N5O5Si/c1-19(34(2)30(39)40)27(36)33-25(16-20-12-14-22(31)15-13-20)29(38)35-18-41(3,4)17-26(35)28(37)32-24-11-7-9-21-8-5-6-10-23(21)24/h5-6,8,10,12-15,19,24-26H,7,9,11,16-18,31H2,1-4H3,(H,32,37)(H,33,36)(H,39,40)/t19-,24+,25-,26-/m0/s1. The van der Waals surface area contributed by atoms with Gasteiger partial charge >= 0.3 is 6.09 Å². The summed E-state index contributed by atoms with van der Waals surface area (Å²) in [6, 6.07) is 13.1. The summed E-state index contributed by atoms with van der Waals surface area (Å²) >= 11 is 0. The zero-order chi connectivity index (χ0) is 29.9. The molecule has 10 nitrogen and oxygen atoms in total. The van der Waals surface area contributed by atoms with E-state index >= 15 is 0 Å². The summed E-state index contributed by atoms with van der Waals surface area (Å²) in [6.45, 7) is 5.79. The average Bonchev–Trinajstić information content (AvgIpc) is 3.28. The minimum Gasteiger partial charge on any atom is -0.465 e. The van der Waals surface area contributed by atoms with Gasteiger partial charge < -0.3 is 26.4 Å². The second-order valence-corrected chi connectivity index (χ2v) is 17.1. The molecular formula is C30H41N5O5Si. The highest BCUT2D eigenvalue weighted by Gasteiger charge is 2.47. The Hall–Kier alpha value is -3.86. The number of nitrogens with zero attached hydrogens (tertiary/aromatic N) is 2. The number of hydrogen-bond donors (Lipinski definition) is 4. The van der Waals surface area contributed by atoms with Gasteiger partial charge in [0.05, 0.1) is 14.1 Å². The summed E-state index contributed by atoms with van der Waals surface area (Å²) in [5.74, 6) is -1.10. The van der Waals surface area contributed by atoms with Gasteiger partial charge in [0, 0.05) is 25.3 Å². The minimum atomic E-state index is -1.94. The van der Waals surface area contributed by atoms with E-state index in [1.165, 1.54) is 19.5 Å². The van der Waals surface area contributed by atoms with E-state index in [9.17, 15) is 24.3 Å². The number of nitrogen functional groups attached to an aromatic ring is 1. The lowest BCUT2D eigenvalue weighted by Gasteiger charge is -2.32. The third-order valence-corrected chi connectivity index (χ3v) is 11.0. The van der Waals surface area contributed by atoms with Crippen molar-refractivity contribution < 1.29 is 24.3 Å². The Bertz CT molecular complexity index is 1300. The van der Waals surface area contributed by atoms with Crippen molar-refractivity contribution in [1.82, 2.24) is 20.4 Å². The number of carbonyl (C=O) groups is 4. The lowest BCUT2D eigenvalue weighted by atomic mass is 9.87. The van der Waals surface area contributed by atoms with Crippen LogP contribution in [0.1, 0.15) is 42.5 Å². The number of fused-ring (bicyclic) bond motifs is 1. The van der Waals surface area contributed by atoms with Gasteiger partial charge in [-0.3, -0.25) is 19.3 Å². The Kier molecular flexibility index (Phi) is 9.06. The zero-order valence-corrected chi connectivity index (χ0v) is 25.2. The molecule has 0 radical (unpaired) electrons. The summed E-state index contributed by atoms with van der Waals surface area (Å²) < 4.78 is 0. The van der Waals surface area contributed by atoms with Gasteiger partial charge in [-0.15, -0.1) is 0 Å². The molecule has 11 heteroatoms. The first-order chi connectivity index (χ1) is 19.4. The van der Waals surface area contributed by atoms with Gasteiger partial charge in [-0.05, 0) is 61.1 Å². The zero-order valence-electron chi connectivity index (χ0n) is 24.2. The molecule has 4 atom stereocenters. The summed E-state index contributed by atoms with van der Waals surface area (Å²) in [5.41, 5.74) is 9.57. The molecule has 2 aliphatic rings. The molecular weight excluding hydrogens is 538 g/mol. The van der Waals surface area contributed by atoms with Crippen LogP contribution in [0.25, 0.3) is 0 Å². The van der Waals surface area contributed by atoms with E-state index in [0.717, 1.165) is 35.3 Å². The topological polar surface area (TPSA) is 145 Å². The van der Waals surface area contributed by atoms with Gasteiger partial charge in [0.15, 0.2) is 0 Å². The van der Waals surface area contributed by atoms with Crippen LogP contribution in [0.15, 0.2) is 48.5 Å². The molecule has 220 valence electrons. The summed E-state index contributed by atoms with van der Waals surface area (Å²) in [7, 11) is -0.633. The smallest absolute Gasteiger partial charge is 0.407 e. The molecule has 4 amide bonds. The maximum atomic E-state index is 14.2. The fraction of sp³-hybridized carbons (Fsp3) is 0.467. The second-order valence-electron chi connectivity index (χ2n) is 12.1. The van der Waals surface area contributed by atoms with Crippen LogP contribution in [-0.4, -0.2) is 78.1 Å². The SMILES string of the molecule is C[C@@H](C(=O)N[C@@H](Cc1ccc(N)cc1)C(=O)N1C[Si](C)(C)C[C@H]1C(=O)N[C@@H]1CCCc2ccccc21)N(C)C(=O)O. The maximum absolute atomic E-state index is 14.2. The van der Waals surface area contributed by atoms with E-state index < -0.39 is 38.2 Å². The molecule has 1 aliphatic heterocycles. The summed E-state index contributed by atoms with van der Waals surface area (Å²) in [6.07, 6.45) is 2.23. The summed E-state index contributed by atoms with van der Waals surface area (Å²) in [5, 5.41) is 15.4. The van der Waals surface area contributed by atoms with Crippen molar-refractivity contribution in [2.75, 3.05) is 18.9 Å². The predicted molar refractivity (Wildman–Crippen MR) is 160 cm³/mol. The number of aryl methyl sites for hydroxylation is 1. The van der Waals surface area contributed by atoms with E-state index in [1.54, 1.807) is 29.2 Å². The van der Waals surface area contributed by atoms with Gasteiger partial charge in [0.25, 0.3) is 0 Å². The lowest BCUT2D eigenvalue weighted by Crippen LogP contribution is -2.57. The molecule has 0 bridgehead atoms. The molecule has 5 N–H and O–H groups in total. The molecule has 1 aliphatic carbocycles. The molecule has 1 fully saturated rings. The molecule has 0 aromatic heterocycles. The molecule has 1 heterocycles. The number of rotatable bonds is 8. The number of likely N-dealkylation sites (N-methyl/N-ethyl adjacent to an activating group) is 1. The third kappa shape index (κ3) is 7.08. The fourth-order valence-electron chi connectivity index (χ4n) is 5.83. The van der Waals surface area contributed by atoms with Crippen LogP contribution in [0.4, 0.5) is 10.5 Å². The molecule has 0 spiro atoms. The normalized spacial score (nSPS) is 20.8. The Morgan fingerprint density at radius 3 is 2.49 bits per heavy atom. The van der Waals surface area contributed by atoms with Crippen LogP contribution in [0.5, 0.6) is 0 Å². The lowest BCUT2D eigenvalue weighted by molar-refractivity contribution is -0.141. The number of nitrogens with two attached hydrogens (primary N) is 1. The van der Waals surface area contributed by atoms with Crippen LogP contribution in [-0.2, 0) is 27.2 Å². The number of hydrogen-bond acceptors (Lipinski definition) is 5. The van der Waals surface area contributed by atoms with Crippen molar-refractivity contribution in [3.05, 3.63) is 65.2 Å². The summed E-state index contributed by atoms with van der Waals surface area (Å²) in [4.78, 5) is 55.0. The number of nitrogens with one attached hydrogen (secondary N) is 2. The first-order valence-electron chi connectivity index (χ1n) is 14.2. The van der Waals surface area contributed by atoms with Crippen LogP contribution >= 0.6 is 0 Å². The van der Waals surface area contributed by atoms with E-state index in [1.807, 2.05) is 12.1 Å². The molecule has 4 rings (SSSR count). The Morgan fingerprint density at radius 2 is 1.80 bits per heavy atom. The largest absolute Gasteiger partial charge is 0.465 e. The number of anilines is 1. The van der Waals surface area contributed by atoms with E-state index in [4.69, 9.17) is 5.73 Å². The van der Waals surface area contributed by atoms with E-state index in [-0.39, 0.29) is 24.3 Å². The average molecular weight is 580 g/mol. The van der Waals surface area contributed by atoms with Gasteiger partial charge in [0.1, 0.15) is 18.1 Å². The second kappa shape index (κ2) is 12.3. The van der Waals surface area contributed by atoms with Crippen LogP contribution in [0.3, 0.4) is 0 Å². The molecule has 41 heavy (non-hydrogen) atoms. The van der Waals surface area contributed by atoms with E-state index in [2.05, 4.69) is 35.9 Å². The van der Waals surface area contributed by atoms with Crippen molar-refractivity contribution in [2.45, 2.75) is 75.9 Å².